The Kier molecular flexibility index (Phi) is 3.83. The van der Waals surface area contributed by atoms with Gasteiger partial charge in [-0.05, 0) is 30.4 Å². The molecular formula is C13H16ClNO. The van der Waals surface area contributed by atoms with Crippen LogP contribution in [0.3, 0.4) is 0 Å². The van der Waals surface area contributed by atoms with E-state index in [1.54, 1.807) is 0 Å². The summed E-state index contributed by atoms with van der Waals surface area (Å²) in [6.45, 7) is 0.568. The molecule has 0 saturated heterocycles. The minimum absolute atomic E-state index is 0.123. The van der Waals surface area contributed by atoms with Crippen molar-refractivity contribution in [3.05, 3.63) is 35.4 Å². The van der Waals surface area contributed by atoms with Gasteiger partial charge in [0.2, 0.25) is 5.91 Å². The predicted octanol–water partition coefficient (Wildman–Crippen LogP) is 2.15. The maximum Gasteiger partial charge on any atom is 0.223 e. The van der Waals surface area contributed by atoms with E-state index in [0.717, 1.165) is 19.3 Å². The summed E-state index contributed by atoms with van der Waals surface area (Å²) in [4.78, 5) is 11.8. The molecule has 86 valence electrons. The maximum absolute atomic E-state index is 11.8. The van der Waals surface area contributed by atoms with Gasteiger partial charge in [-0.25, -0.2) is 0 Å². The van der Waals surface area contributed by atoms with Crippen molar-refractivity contribution in [1.82, 2.24) is 5.32 Å². The molecule has 0 aromatic heterocycles. The van der Waals surface area contributed by atoms with Crippen LogP contribution < -0.4 is 5.32 Å². The molecule has 0 aliphatic heterocycles. The number of alkyl halides is 1. The van der Waals surface area contributed by atoms with Crippen LogP contribution in [-0.2, 0) is 17.6 Å². The smallest absolute Gasteiger partial charge is 0.223 e. The van der Waals surface area contributed by atoms with Crippen molar-refractivity contribution in [1.29, 1.82) is 0 Å². The van der Waals surface area contributed by atoms with E-state index in [0.29, 0.717) is 12.4 Å². The van der Waals surface area contributed by atoms with E-state index < -0.39 is 0 Å². The van der Waals surface area contributed by atoms with Gasteiger partial charge >= 0.3 is 0 Å². The molecule has 0 spiro atoms. The zero-order valence-electron chi connectivity index (χ0n) is 9.21. The van der Waals surface area contributed by atoms with Crippen LogP contribution in [0.25, 0.3) is 0 Å². The van der Waals surface area contributed by atoms with Crippen LogP contribution >= 0.6 is 11.6 Å². The van der Waals surface area contributed by atoms with Crippen LogP contribution in [0.2, 0.25) is 0 Å². The summed E-state index contributed by atoms with van der Waals surface area (Å²) in [5, 5.41) is 2.86. The zero-order chi connectivity index (χ0) is 11.4. The summed E-state index contributed by atoms with van der Waals surface area (Å²) in [6, 6.07) is 8.38. The molecule has 1 N–H and O–H groups in total. The minimum Gasteiger partial charge on any atom is -0.355 e. The van der Waals surface area contributed by atoms with Crippen LogP contribution in [0.5, 0.6) is 0 Å². The normalized spacial score (nSPS) is 18.9. The van der Waals surface area contributed by atoms with Gasteiger partial charge < -0.3 is 5.32 Å². The number of aryl methyl sites for hydroxylation is 1. The maximum atomic E-state index is 11.8. The fraction of sp³-hybridized carbons (Fsp3) is 0.462. The third-order valence-electron chi connectivity index (χ3n) is 3.11. The Morgan fingerprint density at radius 1 is 1.38 bits per heavy atom. The Bertz CT molecular complexity index is 378. The average molecular weight is 238 g/mol. The summed E-state index contributed by atoms with van der Waals surface area (Å²) in [6.07, 6.45) is 2.82. The van der Waals surface area contributed by atoms with E-state index in [-0.39, 0.29) is 11.8 Å². The molecule has 0 saturated carbocycles. The first-order chi connectivity index (χ1) is 7.81. The minimum atomic E-state index is 0.123. The Morgan fingerprint density at radius 2 is 2.12 bits per heavy atom. The topological polar surface area (TPSA) is 29.1 Å². The largest absolute Gasteiger partial charge is 0.355 e. The number of carbonyl (C=O) groups is 1. The number of fused-ring (bicyclic) bond motifs is 1. The number of amides is 1. The van der Waals surface area contributed by atoms with Crippen molar-refractivity contribution in [3.8, 4) is 0 Å². The van der Waals surface area contributed by atoms with E-state index in [4.69, 9.17) is 11.6 Å². The summed E-state index contributed by atoms with van der Waals surface area (Å²) >= 11 is 5.55. The van der Waals surface area contributed by atoms with Crippen molar-refractivity contribution in [3.63, 3.8) is 0 Å². The molecule has 2 nitrogen and oxygen atoms in total. The van der Waals surface area contributed by atoms with E-state index >= 15 is 0 Å². The van der Waals surface area contributed by atoms with Crippen molar-refractivity contribution < 1.29 is 4.79 Å². The van der Waals surface area contributed by atoms with Gasteiger partial charge in [0.25, 0.3) is 0 Å². The van der Waals surface area contributed by atoms with Gasteiger partial charge in [0.1, 0.15) is 0 Å². The summed E-state index contributed by atoms with van der Waals surface area (Å²) < 4.78 is 0. The van der Waals surface area contributed by atoms with Crippen molar-refractivity contribution in [2.45, 2.75) is 19.3 Å². The van der Waals surface area contributed by atoms with Gasteiger partial charge in [0.05, 0.1) is 0 Å². The molecule has 0 radical (unpaired) electrons. The molecule has 1 unspecified atom stereocenters. The van der Waals surface area contributed by atoms with Gasteiger partial charge in [-0.15, -0.1) is 11.6 Å². The molecule has 1 atom stereocenters. The van der Waals surface area contributed by atoms with E-state index in [1.165, 1.54) is 11.1 Å². The number of carbonyl (C=O) groups excluding carboxylic acids is 1. The van der Waals surface area contributed by atoms with Crippen molar-refractivity contribution in [2.24, 2.45) is 5.92 Å². The number of nitrogens with one attached hydrogen (secondary N) is 1. The number of benzene rings is 1. The van der Waals surface area contributed by atoms with Gasteiger partial charge in [-0.3, -0.25) is 4.79 Å². The van der Waals surface area contributed by atoms with Gasteiger partial charge in [-0.1, -0.05) is 24.3 Å². The number of hydrogen-bond donors (Lipinski definition) is 1. The van der Waals surface area contributed by atoms with Crippen LogP contribution in [0.4, 0.5) is 0 Å². The molecule has 0 heterocycles. The molecular weight excluding hydrogens is 222 g/mol. The Balaban J connectivity index is 1.99. The first-order valence-electron chi connectivity index (χ1n) is 5.71. The molecule has 0 bridgehead atoms. The monoisotopic (exact) mass is 237 g/mol. The molecule has 16 heavy (non-hydrogen) atoms. The second-order valence-corrected chi connectivity index (χ2v) is 4.57. The van der Waals surface area contributed by atoms with Gasteiger partial charge in [0.15, 0.2) is 0 Å². The highest BCUT2D eigenvalue weighted by molar-refractivity contribution is 6.18. The molecule has 3 heteroatoms. The van der Waals surface area contributed by atoms with Crippen LogP contribution in [0.1, 0.15) is 17.5 Å². The molecule has 1 aromatic rings. The lowest BCUT2D eigenvalue weighted by Gasteiger charge is -2.23. The van der Waals surface area contributed by atoms with Gasteiger partial charge in [0, 0.05) is 18.3 Å². The number of hydrogen-bond acceptors (Lipinski definition) is 1. The highest BCUT2D eigenvalue weighted by atomic mass is 35.5. The molecule has 1 aromatic carbocycles. The van der Waals surface area contributed by atoms with Crippen molar-refractivity contribution >= 4 is 17.5 Å². The fourth-order valence-corrected chi connectivity index (χ4v) is 2.33. The lowest BCUT2D eigenvalue weighted by atomic mass is 9.83. The Labute approximate surface area is 101 Å². The second kappa shape index (κ2) is 5.35. The lowest BCUT2D eigenvalue weighted by Crippen LogP contribution is -2.35. The highest BCUT2D eigenvalue weighted by Gasteiger charge is 2.23. The van der Waals surface area contributed by atoms with E-state index in [9.17, 15) is 4.79 Å². The average Bonchev–Trinajstić information content (AvgIpc) is 2.35. The van der Waals surface area contributed by atoms with Crippen LogP contribution in [-0.4, -0.2) is 18.3 Å². The molecule has 1 aliphatic rings. The Hall–Kier alpha value is -1.02. The summed E-state index contributed by atoms with van der Waals surface area (Å²) in [5.41, 5.74) is 2.71. The summed E-state index contributed by atoms with van der Waals surface area (Å²) in [5.74, 6) is 0.753. The number of halogens is 1. The zero-order valence-corrected chi connectivity index (χ0v) is 9.96. The van der Waals surface area contributed by atoms with Crippen molar-refractivity contribution in [2.75, 3.05) is 12.4 Å². The number of rotatable bonds is 3. The molecule has 2 rings (SSSR count). The van der Waals surface area contributed by atoms with E-state index in [1.807, 2.05) is 6.07 Å². The second-order valence-electron chi connectivity index (χ2n) is 4.19. The standard InChI is InChI=1S/C13H16ClNO/c14-7-8-15-13(16)12-6-5-10-3-1-2-4-11(10)9-12/h1-4,12H,5-9H2,(H,15,16). The quantitative estimate of drug-likeness (QED) is 0.802. The first kappa shape index (κ1) is 11.5. The fourth-order valence-electron chi connectivity index (χ4n) is 2.24. The van der Waals surface area contributed by atoms with Gasteiger partial charge in [-0.2, -0.15) is 0 Å². The van der Waals surface area contributed by atoms with E-state index in [2.05, 4.69) is 23.5 Å². The third-order valence-corrected chi connectivity index (χ3v) is 3.30. The molecule has 1 aliphatic carbocycles. The SMILES string of the molecule is O=C(NCCCl)C1CCc2ccccc2C1. The molecule has 0 fully saturated rings. The van der Waals surface area contributed by atoms with Crippen LogP contribution in [0, 0.1) is 5.92 Å². The summed E-state index contributed by atoms with van der Waals surface area (Å²) in [7, 11) is 0. The predicted molar refractivity (Wildman–Crippen MR) is 65.7 cm³/mol. The Morgan fingerprint density at radius 3 is 2.88 bits per heavy atom. The molecule has 1 amide bonds. The lowest BCUT2D eigenvalue weighted by molar-refractivity contribution is -0.125. The third kappa shape index (κ3) is 2.56. The highest BCUT2D eigenvalue weighted by Crippen LogP contribution is 2.25. The van der Waals surface area contributed by atoms with Crippen LogP contribution in [0.15, 0.2) is 24.3 Å². The first-order valence-corrected chi connectivity index (χ1v) is 6.25.